The van der Waals surface area contributed by atoms with Crippen LogP contribution in [0, 0.1) is 5.82 Å². The van der Waals surface area contributed by atoms with Gasteiger partial charge in [-0.1, -0.05) is 42.5 Å². The van der Waals surface area contributed by atoms with Gasteiger partial charge in [-0.3, -0.25) is 14.9 Å². The SMILES string of the molecule is COc1ccc(/C=C2\C(=O)NC(=O)N(c3cccc(F)c3)C2=O)cc1OCc1ccccc1. The number of amides is 4. The number of halogens is 1. The lowest BCUT2D eigenvalue weighted by Gasteiger charge is -2.26. The third kappa shape index (κ3) is 4.74. The molecule has 1 aliphatic rings. The fourth-order valence-electron chi connectivity index (χ4n) is 3.31. The average molecular weight is 446 g/mol. The van der Waals surface area contributed by atoms with Gasteiger partial charge in [-0.2, -0.15) is 0 Å². The molecule has 1 aliphatic heterocycles. The Morgan fingerprint density at radius 3 is 2.45 bits per heavy atom. The Balaban J connectivity index is 1.64. The summed E-state index contributed by atoms with van der Waals surface area (Å²) < 4.78 is 24.8. The summed E-state index contributed by atoms with van der Waals surface area (Å²) in [6, 6.07) is 18.5. The topological polar surface area (TPSA) is 84.9 Å². The van der Waals surface area contributed by atoms with Crippen molar-refractivity contribution in [2.45, 2.75) is 6.61 Å². The Bertz CT molecular complexity index is 1260. The van der Waals surface area contributed by atoms with Crippen LogP contribution in [0.25, 0.3) is 6.08 Å². The van der Waals surface area contributed by atoms with E-state index >= 15 is 0 Å². The predicted octanol–water partition coefficient (Wildman–Crippen LogP) is 4.08. The van der Waals surface area contributed by atoms with Gasteiger partial charge < -0.3 is 9.47 Å². The zero-order valence-corrected chi connectivity index (χ0v) is 17.6. The van der Waals surface area contributed by atoms with Gasteiger partial charge in [0.25, 0.3) is 11.8 Å². The van der Waals surface area contributed by atoms with Crippen LogP contribution in [0.4, 0.5) is 14.9 Å². The molecule has 1 fully saturated rings. The minimum atomic E-state index is -0.950. The minimum Gasteiger partial charge on any atom is -0.493 e. The maximum absolute atomic E-state index is 13.6. The van der Waals surface area contributed by atoms with Gasteiger partial charge in [0.1, 0.15) is 18.0 Å². The third-order valence-electron chi connectivity index (χ3n) is 4.90. The van der Waals surface area contributed by atoms with E-state index in [1.54, 1.807) is 18.2 Å². The average Bonchev–Trinajstić information content (AvgIpc) is 2.81. The van der Waals surface area contributed by atoms with Crippen molar-refractivity contribution < 1.29 is 28.2 Å². The highest BCUT2D eigenvalue weighted by Gasteiger charge is 2.37. The van der Waals surface area contributed by atoms with E-state index < -0.39 is 23.7 Å². The molecule has 0 atom stereocenters. The second-order valence-electron chi connectivity index (χ2n) is 7.12. The number of imide groups is 2. The fourth-order valence-corrected chi connectivity index (χ4v) is 3.31. The van der Waals surface area contributed by atoms with Gasteiger partial charge in [0, 0.05) is 0 Å². The molecule has 0 aromatic heterocycles. The van der Waals surface area contributed by atoms with Crippen LogP contribution < -0.4 is 19.7 Å². The normalized spacial score (nSPS) is 14.9. The van der Waals surface area contributed by atoms with Crippen molar-refractivity contribution in [3.05, 3.63) is 95.3 Å². The number of nitrogens with one attached hydrogen (secondary N) is 1. The molecule has 0 unspecified atom stereocenters. The van der Waals surface area contributed by atoms with Crippen LogP contribution in [0.15, 0.2) is 78.4 Å². The number of rotatable bonds is 6. The van der Waals surface area contributed by atoms with Crippen molar-refractivity contribution >= 4 is 29.6 Å². The van der Waals surface area contributed by atoms with Crippen LogP contribution in [0.5, 0.6) is 11.5 Å². The molecule has 4 rings (SSSR count). The van der Waals surface area contributed by atoms with Crippen molar-refractivity contribution in [3.63, 3.8) is 0 Å². The van der Waals surface area contributed by atoms with Crippen molar-refractivity contribution in [2.24, 2.45) is 0 Å². The second kappa shape index (κ2) is 9.35. The molecule has 0 aliphatic carbocycles. The molecule has 0 saturated carbocycles. The number of hydrogen-bond acceptors (Lipinski definition) is 5. The Morgan fingerprint density at radius 1 is 0.939 bits per heavy atom. The van der Waals surface area contributed by atoms with Gasteiger partial charge in [0.2, 0.25) is 0 Å². The zero-order chi connectivity index (χ0) is 23.4. The summed E-state index contributed by atoms with van der Waals surface area (Å²) >= 11 is 0. The summed E-state index contributed by atoms with van der Waals surface area (Å²) in [6.45, 7) is 0.290. The molecular formula is C25H19FN2O5. The van der Waals surface area contributed by atoms with E-state index in [1.807, 2.05) is 30.3 Å². The van der Waals surface area contributed by atoms with Crippen LogP contribution >= 0.6 is 0 Å². The molecule has 4 amide bonds. The predicted molar refractivity (Wildman–Crippen MR) is 119 cm³/mol. The van der Waals surface area contributed by atoms with Crippen LogP contribution in [-0.2, 0) is 16.2 Å². The summed E-state index contributed by atoms with van der Waals surface area (Å²) in [6.07, 6.45) is 1.34. The molecule has 1 heterocycles. The number of carbonyl (C=O) groups excluding carboxylic acids is 3. The van der Waals surface area contributed by atoms with Gasteiger partial charge in [-0.25, -0.2) is 14.1 Å². The van der Waals surface area contributed by atoms with E-state index in [1.165, 1.54) is 31.4 Å². The molecule has 33 heavy (non-hydrogen) atoms. The first-order valence-corrected chi connectivity index (χ1v) is 9.98. The lowest BCUT2D eigenvalue weighted by molar-refractivity contribution is -0.122. The van der Waals surface area contributed by atoms with Crippen LogP contribution in [0.3, 0.4) is 0 Å². The van der Waals surface area contributed by atoms with E-state index in [-0.39, 0.29) is 11.3 Å². The number of nitrogens with zero attached hydrogens (tertiary/aromatic N) is 1. The summed E-state index contributed by atoms with van der Waals surface area (Å²) in [5.74, 6) is -1.44. The number of barbiturate groups is 1. The van der Waals surface area contributed by atoms with Gasteiger partial charge in [0.15, 0.2) is 11.5 Å². The number of hydrogen-bond donors (Lipinski definition) is 1. The monoisotopic (exact) mass is 446 g/mol. The molecule has 1 saturated heterocycles. The smallest absolute Gasteiger partial charge is 0.335 e. The van der Waals surface area contributed by atoms with Crippen LogP contribution in [0.1, 0.15) is 11.1 Å². The van der Waals surface area contributed by atoms with E-state index in [9.17, 15) is 18.8 Å². The Hall–Kier alpha value is -4.46. The molecule has 0 radical (unpaired) electrons. The fraction of sp³-hybridized carbons (Fsp3) is 0.0800. The van der Waals surface area contributed by atoms with Crippen molar-refractivity contribution in [2.75, 3.05) is 12.0 Å². The second-order valence-corrected chi connectivity index (χ2v) is 7.12. The number of carbonyl (C=O) groups is 3. The van der Waals surface area contributed by atoms with Crippen LogP contribution in [-0.4, -0.2) is 25.0 Å². The maximum atomic E-state index is 13.6. The molecule has 8 heteroatoms. The summed E-state index contributed by atoms with van der Waals surface area (Å²) in [4.78, 5) is 38.4. The highest BCUT2D eigenvalue weighted by atomic mass is 19.1. The standard InChI is InChI=1S/C25H19FN2O5/c1-32-21-11-10-17(13-22(21)33-15-16-6-3-2-4-7-16)12-20-23(29)27-25(31)28(24(20)30)19-9-5-8-18(26)14-19/h2-14H,15H2,1H3,(H,27,29,31)/b20-12+. The summed E-state index contributed by atoms with van der Waals surface area (Å²) in [7, 11) is 1.50. The first-order valence-electron chi connectivity index (χ1n) is 9.98. The first kappa shape index (κ1) is 21.8. The largest absolute Gasteiger partial charge is 0.493 e. The Labute approximate surface area is 189 Å². The van der Waals surface area contributed by atoms with Crippen molar-refractivity contribution in [1.29, 1.82) is 0 Å². The van der Waals surface area contributed by atoms with E-state index in [0.29, 0.717) is 28.6 Å². The quantitative estimate of drug-likeness (QED) is 0.456. The van der Waals surface area contributed by atoms with Crippen molar-refractivity contribution in [1.82, 2.24) is 5.32 Å². The van der Waals surface area contributed by atoms with E-state index in [0.717, 1.165) is 11.6 Å². The lowest BCUT2D eigenvalue weighted by atomic mass is 10.1. The zero-order valence-electron chi connectivity index (χ0n) is 17.6. The molecule has 7 nitrogen and oxygen atoms in total. The summed E-state index contributed by atoms with van der Waals surface area (Å²) in [5, 5.41) is 2.11. The molecular weight excluding hydrogens is 427 g/mol. The highest BCUT2D eigenvalue weighted by molar-refractivity contribution is 6.39. The van der Waals surface area contributed by atoms with Crippen LogP contribution in [0.2, 0.25) is 0 Å². The molecule has 3 aromatic carbocycles. The van der Waals surface area contributed by atoms with E-state index in [4.69, 9.17) is 9.47 Å². The lowest BCUT2D eigenvalue weighted by Crippen LogP contribution is -2.54. The molecule has 1 N–H and O–H groups in total. The van der Waals surface area contributed by atoms with Gasteiger partial charge in [-0.05, 0) is 47.5 Å². The number of benzene rings is 3. The molecule has 0 spiro atoms. The van der Waals surface area contributed by atoms with Crippen molar-refractivity contribution in [3.8, 4) is 11.5 Å². The number of urea groups is 1. The van der Waals surface area contributed by atoms with Gasteiger partial charge in [0.05, 0.1) is 12.8 Å². The molecule has 3 aromatic rings. The Kier molecular flexibility index (Phi) is 6.17. The first-order chi connectivity index (χ1) is 16.0. The molecule has 0 bridgehead atoms. The number of methoxy groups -OCH3 is 1. The van der Waals surface area contributed by atoms with Gasteiger partial charge >= 0.3 is 6.03 Å². The van der Waals surface area contributed by atoms with Gasteiger partial charge in [-0.15, -0.1) is 0 Å². The number of anilines is 1. The minimum absolute atomic E-state index is 0.0116. The number of ether oxygens (including phenoxy) is 2. The summed E-state index contributed by atoms with van der Waals surface area (Å²) in [5.41, 5.74) is 1.16. The molecule has 166 valence electrons. The third-order valence-corrected chi connectivity index (χ3v) is 4.90. The maximum Gasteiger partial charge on any atom is 0.335 e. The highest BCUT2D eigenvalue weighted by Crippen LogP contribution is 2.30. The Morgan fingerprint density at radius 2 is 1.73 bits per heavy atom. The van der Waals surface area contributed by atoms with E-state index in [2.05, 4.69) is 5.32 Å².